The Kier molecular flexibility index (Phi) is 4.39. The van der Waals surface area contributed by atoms with Crippen LogP contribution in [0.1, 0.15) is 32.3 Å². The second-order valence-corrected chi connectivity index (χ2v) is 4.83. The summed E-state index contributed by atoms with van der Waals surface area (Å²) in [5.41, 5.74) is -1.38. The maximum atomic E-state index is 12.3. The zero-order chi connectivity index (χ0) is 14.7. The van der Waals surface area contributed by atoms with Gasteiger partial charge in [0.2, 0.25) is 0 Å². The van der Waals surface area contributed by atoms with Crippen molar-refractivity contribution in [1.82, 2.24) is 4.98 Å². The number of hydrogen-bond acceptors (Lipinski definition) is 3. The van der Waals surface area contributed by atoms with Crippen molar-refractivity contribution in [3.05, 3.63) is 23.9 Å². The van der Waals surface area contributed by atoms with Crippen molar-refractivity contribution in [3.63, 3.8) is 0 Å². The normalized spacial score (nSPS) is 12.3. The highest BCUT2D eigenvalue weighted by atomic mass is 19.4. The van der Waals surface area contributed by atoms with Gasteiger partial charge in [0.25, 0.3) is 0 Å². The molecular weight excluding hydrogens is 261 g/mol. The Labute approximate surface area is 108 Å². The third kappa shape index (κ3) is 5.15. The molecule has 0 radical (unpaired) electrons. The number of halogens is 3. The molecule has 0 spiro atoms. The second kappa shape index (κ2) is 5.46. The van der Waals surface area contributed by atoms with Crippen molar-refractivity contribution in [2.45, 2.75) is 38.4 Å². The quantitative estimate of drug-likeness (QED) is 0.867. The minimum atomic E-state index is -4.41. The highest BCUT2D eigenvalue weighted by Crippen LogP contribution is 2.29. The molecule has 2 N–H and O–H groups in total. The van der Waals surface area contributed by atoms with Crippen LogP contribution in [0.25, 0.3) is 0 Å². The maximum absolute atomic E-state index is 12.3. The highest BCUT2D eigenvalue weighted by Gasteiger charge is 2.30. The number of hydrogen-bond donors (Lipinski definition) is 2. The van der Waals surface area contributed by atoms with E-state index in [0.29, 0.717) is 6.42 Å². The number of aliphatic carboxylic acids is 1. The molecule has 0 aliphatic rings. The van der Waals surface area contributed by atoms with Crippen LogP contribution in [0.15, 0.2) is 18.3 Å². The molecule has 0 atom stereocenters. The molecule has 7 heteroatoms. The van der Waals surface area contributed by atoms with Crippen LogP contribution in [0.3, 0.4) is 0 Å². The molecule has 0 aromatic carbocycles. The summed E-state index contributed by atoms with van der Waals surface area (Å²) < 4.78 is 37.0. The van der Waals surface area contributed by atoms with Gasteiger partial charge in [-0.2, -0.15) is 13.2 Å². The van der Waals surface area contributed by atoms with Gasteiger partial charge in [-0.15, -0.1) is 0 Å². The first kappa shape index (κ1) is 15.3. The lowest BCUT2D eigenvalue weighted by molar-refractivity contribution is -0.138. The Bertz CT molecular complexity index is 441. The molecule has 4 nitrogen and oxygen atoms in total. The minimum Gasteiger partial charge on any atom is -0.481 e. The molecule has 0 fully saturated rings. The summed E-state index contributed by atoms with van der Waals surface area (Å²) in [6.07, 6.45) is -3.36. The summed E-state index contributed by atoms with van der Waals surface area (Å²) in [5, 5.41) is 11.5. The smallest absolute Gasteiger partial charge is 0.417 e. The fourth-order valence-electron chi connectivity index (χ4n) is 1.46. The number of carboxylic acids is 1. The fourth-order valence-corrected chi connectivity index (χ4v) is 1.46. The molecule has 0 bridgehead atoms. The van der Waals surface area contributed by atoms with E-state index < -0.39 is 23.2 Å². The van der Waals surface area contributed by atoms with E-state index in [1.165, 1.54) is 6.07 Å². The van der Waals surface area contributed by atoms with Crippen LogP contribution in [-0.4, -0.2) is 21.6 Å². The largest absolute Gasteiger partial charge is 0.481 e. The Hall–Kier alpha value is -1.79. The topological polar surface area (TPSA) is 62.2 Å². The molecule has 0 unspecified atom stereocenters. The van der Waals surface area contributed by atoms with Crippen molar-refractivity contribution < 1.29 is 23.1 Å². The first-order valence-electron chi connectivity index (χ1n) is 5.63. The molecule has 19 heavy (non-hydrogen) atoms. The van der Waals surface area contributed by atoms with Gasteiger partial charge in [0.05, 0.1) is 5.56 Å². The predicted molar refractivity (Wildman–Crippen MR) is 63.8 cm³/mol. The monoisotopic (exact) mass is 276 g/mol. The van der Waals surface area contributed by atoms with E-state index in [2.05, 4.69) is 10.3 Å². The van der Waals surface area contributed by atoms with Gasteiger partial charge in [-0.1, -0.05) is 0 Å². The van der Waals surface area contributed by atoms with E-state index in [0.717, 1.165) is 12.3 Å². The van der Waals surface area contributed by atoms with Crippen molar-refractivity contribution in [2.24, 2.45) is 0 Å². The van der Waals surface area contributed by atoms with E-state index in [1.54, 1.807) is 13.8 Å². The third-order valence-electron chi connectivity index (χ3n) is 2.52. The number of nitrogens with one attached hydrogen (secondary N) is 1. The molecule has 0 aliphatic carbocycles. The number of rotatable bonds is 5. The summed E-state index contributed by atoms with van der Waals surface area (Å²) >= 11 is 0. The molecular formula is C12H15F3N2O2. The number of carboxylic acid groups (broad SMARTS) is 1. The van der Waals surface area contributed by atoms with Crippen LogP contribution in [0.5, 0.6) is 0 Å². The Morgan fingerprint density at radius 1 is 1.37 bits per heavy atom. The fraction of sp³-hybridized carbons (Fsp3) is 0.500. The van der Waals surface area contributed by atoms with Crippen LogP contribution in [0.2, 0.25) is 0 Å². The van der Waals surface area contributed by atoms with Crippen LogP contribution in [0, 0.1) is 0 Å². The summed E-state index contributed by atoms with van der Waals surface area (Å²) in [7, 11) is 0. The van der Waals surface area contributed by atoms with Gasteiger partial charge >= 0.3 is 12.1 Å². The number of pyridine rings is 1. The van der Waals surface area contributed by atoms with Gasteiger partial charge in [0.15, 0.2) is 0 Å². The summed E-state index contributed by atoms with van der Waals surface area (Å²) in [5.74, 6) is -0.640. The van der Waals surface area contributed by atoms with Crippen molar-refractivity contribution >= 4 is 11.8 Å². The van der Waals surface area contributed by atoms with Crippen molar-refractivity contribution in [3.8, 4) is 0 Å². The molecule has 1 aromatic rings. The zero-order valence-electron chi connectivity index (χ0n) is 10.6. The zero-order valence-corrected chi connectivity index (χ0v) is 10.6. The average molecular weight is 276 g/mol. The first-order valence-corrected chi connectivity index (χ1v) is 5.63. The minimum absolute atomic E-state index is 0.0271. The van der Waals surface area contributed by atoms with Gasteiger partial charge in [-0.05, 0) is 32.4 Å². The van der Waals surface area contributed by atoms with Gasteiger partial charge in [0.1, 0.15) is 5.82 Å². The van der Waals surface area contributed by atoms with E-state index in [4.69, 9.17) is 5.11 Å². The number of aromatic nitrogens is 1. The van der Waals surface area contributed by atoms with Crippen LogP contribution in [0.4, 0.5) is 19.0 Å². The highest BCUT2D eigenvalue weighted by molar-refractivity contribution is 5.66. The molecule has 1 heterocycles. The standard InChI is InChI=1S/C12H15F3N2O2/c1-11(2,6-5-10(18)19)17-9-4-3-8(7-16-9)12(13,14)15/h3-4,7H,5-6H2,1-2H3,(H,16,17)(H,18,19). The first-order chi connectivity index (χ1) is 8.60. The SMILES string of the molecule is CC(C)(CCC(=O)O)Nc1ccc(C(F)(F)F)cn1. The predicted octanol–water partition coefficient (Wildman–Crippen LogP) is 3.16. The van der Waals surface area contributed by atoms with Gasteiger partial charge in [-0.3, -0.25) is 4.79 Å². The van der Waals surface area contributed by atoms with Gasteiger partial charge < -0.3 is 10.4 Å². The summed E-state index contributed by atoms with van der Waals surface area (Å²) in [6, 6.07) is 2.16. The number of nitrogens with zero attached hydrogens (tertiary/aromatic N) is 1. The van der Waals surface area contributed by atoms with Crippen molar-refractivity contribution in [1.29, 1.82) is 0 Å². The van der Waals surface area contributed by atoms with Crippen LogP contribution in [-0.2, 0) is 11.0 Å². The van der Waals surface area contributed by atoms with Crippen LogP contribution < -0.4 is 5.32 Å². The Morgan fingerprint density at radius 3 is 2.42 bits per heavy atom. The third-order valence-corrected chi connectivity index (χ3v) is 2.52. The summed E-state index contributed by atoms with van der Waals surface area (Å²) in [4.78, 5) is 14.2. The molecule has 1 aromatic heterocycles. The number of carbonyl (C=O) groups is 1. The lowest BCUT2D eigenvalue weighted by atomic mass is 9.98. The Morgan fingerprint density at radius 2 is 2.00 bits per heavy atom. The van der Waals surface area contributed by atoms with E-state index >= 15 is 0 Å². The molecule has 1 rings (SSSR count). The summed E-state index contributed by atoms with van der Waals surface area (Å²) in [6.45, 7) is 3.52. The second-order valence-electron chi connectivity index (χ2n) is 4.83. The molecule has 0 amide bonds. The van der Waals surface area contributed by atoms with Gasteiger partial charge in [-0.25, -0.2) is 4.98 Å². The lowest BCUT2D eigenvalue weighted by Crippen LogP contribution is -2.32. The average Bonchev–Trinajstić information content (AvgIpc) is 2.25. The van der Waals surface area contributed by atoms with Crippen LogP contribution >= 0.6 is 0 Å². The Balaban J connectivity index is 2.69. The van der Waals surface area contributed by atoms with E-state index in [9.17, 15) is 18.0 Å². The molecule has 106 valence electrons. The van der Waals surface area contributed by atoms with Gasteiger partial charge in [0, 0.05) is 18.2 Å². The number of alkyl halides is 3. The number of anilines is 1. The van der Waals surface area contributed by atoms with Crippen molar-refractivity contribution in [2.75, 3.05) is 5.32 Å². The van der Waals surface area contributed by atoms with E-state index in [1.807, 2.05) is 0 Å². The molecule has 0 saturated heterocycles. The molecule has 0 saturated carbocycles. The molecule has 0 aliphatic heterocycles. The van der Waals surface area contributed by atoms with E-state index in [-0.39, 0.29) is 12.2 Å². The lowest BCUT2D eigenvalue weighted by Gasteiger charge is -2.26. The maximum Gasteiger partial charge on any atom is 0.417 e.